The molecule has 180 valence electrons. The first-order chi connectivity index (χ1) is 16.6. The maximum Gasteiger partial charge on any atom is 0.300 e. The van der Waals surface area contributed by atoms with Crippen LogP contribution >= 0.6 is 0 Å². The van der Waals surface area contributed by atoms with Crippen LogP contribution in [0.15, 0.2) is 77.5 Å². The van der Waals surface area contributed by atoms with Crippen LogP contribution in [0.4, 0.5) is 5.69 Å². The molecule has 1 aliphatic rings. The molecule has 35 heavy (non-hydrogen) atoms. The van der Waals surface area contributed by atoms with Gasteiger partial charge in [-0.3, -0.25) is 19.5 Å². The zero-order valence-electron chi connectivity index (χ0n) is 19.0. The lowest BCUT2D eigenvalue weighted by molar-refractivity contribution is -0.132. The molecule has 1 amide bonds. The number of hydrogen-bond acceptors (Lipinski definition) is 7. The standard InChI is InChI=1S/C25H23N3O6S/c1-3-34-20-9-4-17(14-15(20)2)23(29)21-22(16-10-12-27-13-11-16)28(25(31)24(21)30)18-5-7-19(8-6-18)35(26,32)33/h4-14,22,29H,3H2,1-2H3,(H2,26,32,33)/b23-21+. The Labute approximate surface area is 202 Å². The third kappa shape index (κ3) is 4.53. The van der Waals surface area contributed by atoms with E-state index in [0.29, 0.717) is 23.5 Å². The number of rotatable bonds is 6. The fourth-order valence-electron chi connectivity index (χ4n) is 4.03. The maximum atomic E-state index is 13.2. The predicted octanol–water partition coefficient (Wildman–Crippen LogP) is 3.06. The molecule has 1 fully saturated rings. The summed E-state index contributed by atoms with van der Waals surface area (Å²) in [7, 11) is -3.94. The number of Topliss-reactive ketones (excluding diaryl/α,β-unsaturated/α-hetero) is 1. The minimum atomic E-state index is -3.94. The predicted molar refractivity (Wildman–Crippen MR) is 129 cm³/mol. The average molecular weight is 494 g/mol. The van der Waals surface area contributed by atoms with Crippen molar-refractivity contribution in [2.75, 3.05) is 11.5 Å². The molecule has 1 aromatic heterocycles. The number of aliphatic hydroxyl groups is 1. The molecule has 0 bridgehead atoms. The van der Waals surface area contributed by atoms with Crippen molar-refractivity contribution in [2.24, 2.45) is 5.14 Å². The van der Waals surface area contributed by atoms with Crippen molar-refractivity contribution in [3.63, 3.8) is 0 Å². The Morgan fingerprint density at radius 3 is 2.31 bits per heavy atom. The number of primary sulfonamides is 1. The number of aryl methyl sites for hydroxylation is 1. The van der Waals surface area contributed by atoms with Crippen molar-refractivity contribution >= 4 is 33.2 Å². The molecule has 0 spiro atoms. The molecule has 3 N–H and O–H groups in total. The van der Waals surface area contributed by atoms with E-state index in [2.05, 4.69) is 4.98 Å². The summed E-state index contributed by atoms with van der Waals surface area (Å²) >= 11 is 0. The van der Waals surface area contributed by atoms with Gasteiger partial charge in [0.05, 0.1) is 23.1 Å². The van der Waals surface area contributed by atoms with Crippen LogP contribution in [-0.4, -0.2) is 36.8 Å². The van der Waals surface area contributed by atoms with Crippen LogP contribution in [0.2, 0.25) is 0 Å². The van der Waals surface area contributed by atoms with E-state index in [4.69, 9.17) is 9.88 Å². The van der Waals surface area contributed by atoms with Crippen molar-refractivity contribution in [1.82, 2.24) is 4.98 Å². The van der Waals surface area contributed by atoms with E-state index in [1.807, 2.05) is 13.8 Å². The van der Waals surface area contributed by atoms with Gasteiger partial charge >= 0.3 is 0 Å². The van der Waals surface area contributed by atoms with Gasteiger partial charge < -0.3 is 9.84 Å². The first kappa shape index (κ1) is 24.1. The molecule has 1 saturated heterocycles. The quantitative estimate of drug-likeness (QED) is 0.305. The van der Waals surface area contributed by atoms with Gasteiger partial charge in [0.25, 0.3) is 11.7 Å². The Bertz CT molecular complexity index is 1430. The molecule has 4 rings (SSSR count). The number of carbonyl (C=O) groups is 2. The number of ketones is 1. The van der Waals surface area contributed by atoms with Crippen LogP contribution < -0.4 is 14.8 Å². The number of ether oxygens (including phenoxy) is 1. The number of amides is 1. The normalized spacial score (nSPS) is 17.6. The molecule has 1 aliphatic heterocycles. The molecule has 2 heterocycles. The first-order valence-corrected chi connectivity index (χ1v) is 12.3. The van der Waals surface area contributed by atoms with Crippen LogP contribution in [0.1, 0.15) is 29.7 Å². The van der Waals surface area contributed by atoms with E-state index in [9.17, 15) is 23.1 Å². The minimum absolute atomic E-state index is 0.0970. The number of hydrogen-bond donors (Lipinski definition) is 2. The summed E-state index contributed by atoms with van der Waals surface area (Å²) in [5.74, 6) is -1.42. The van der Waals surface area contributed by atoms with E-state index >= 15 is 0 Å². The lowest BCUT2D eigenvalue weighted by Crippen LogP contribution is -2.29. The molecule has 0 saturated carbocycles. The van der Waals surface area contributed by atoms with Gasteiger partial charge in [0, 0.05) is 23.6 Å². The van der Waals surface area contributed by atoms with Crippen LogP contribution in [0.5, 0.6) is 5.75 Å². The van der Waals surface area contributed by atoms with E-state index in [-0.39, 0.29) is 21.9 Å². The topological polar surface area (TPSA) is 140 Å². The Balaban J connectivity index is 1.88. The van der Waals surface area contributed by atoms with Gasteiger partial charge in [-0.15, -0.1) is 0 Å². The number of sulfonamides is 1. The summed E-state index contributed by atoms with van der Waals surface area (Å²) < 4.78 is 28.8. The van der Waals surface area contributed by atoms with Crippen molar-refractivity contribution in [2.45, 2.75) is 24.8 Å². The van der Waals surface area contributed by atoms with Gasteiger partial charge in [-0.05, 0) is 79.6 Å². The van der Waals surface area contributed by atoms with Crippen LogP contribution in [0.25, 0.3) is 5.76 Å². The number of carbonyl (C=O) groups excluding carboxylic acids is 2. The second-order valence-corrected chi connectivity index (χ2v) is 9.46. The maximum absolute atomic E-state index is 13.2. The van der Waals surface area contributed by atoms with Crippen molar-refractivity contribution in [1.29, 1.82) is 0 Å². The van der Waals surface area contributed by atoms with Crippen LogP contribution in [0.3, 0.4) is 0 Å². The number of nitrogens with zero attached hydrogens (tertiary/aromatic N) is 2. The third-order valence-corrected chi connectivity index (χ3v) is 6.59. The van der Waals surface area contributed by atoms with E-state index in [1.165, 1.54) is 41.6 Å². The number of aromatic nitrogens is 1. The zero-order chi connectivity index (χ0) is 25.3. The van der Waals surface area contributed by atoms with Crippen LogP contribution in [-0.2, 0) is 19.6 Å². The summed E-state index contributed by atoms with van der Waals surface area (Å²) in [6.45, 7) is 4.15. The Kier molecular flexibility index (Phi) is 6.42. The summed E-state index contributed by atoms with van der Waals surface area (Å²) in [5.41, 5.74) is 1.82. The molecule has 1 atom stereocenters. The van der Waals surface area contributed by atoms with Gasteiger partial charge in [0.2, 0.25) is 10.0 Å². The fourth-order valence-corrected chi connectivity index (χ4v) is 4.54. The molecule has 0 aliphatic carbocycles. The minimum Gasteiger partial charge on any atom is -0.507 e. The fraction of sp³-hybridized carbons (Fsp3) is 0.160. The molecule has 3 aromatic rings. The lowest BCUT2D eigenvalue weighted by atomic mass is 9.95. The largest absolute Gasteiger partial charge is 0.507 e. The number of nitrogens with two attached hydrogens (primary N) is 1. The summed E-state index contributed by atoms with van der Waals surface area (Å²) in [4.78, 5) is 31.5. The van der Waals surface area contributed by atoms with E-state index < -0.39 is 27.8 Å². The Hall–Kier alpha value is -4.02. The smallest absolute Gasteiger partial charge is 0.300 e. The van der Waals surface area contributed by atoms with Gasteiger partial charge in [0.15, 0.2) is 0 Å². The highest BCUT2D eigenvalue weighted by atomic mass is 32.2. The molecular formula is C25H23N3O6S. The number of aliphatic hydroxyl groups excluding tert-OH is 1. The van der Waals surface area contributed by atoms with Crippen molar-refractivity contribution < 1.29 is 27.9 Å². The highest BCUT2D eigenvalue weighted by Gasteiger charge is 2.47. The third-order valence-electron chi connectivity index (χ3n) is 5.66. The Morgan fingerprint density at radius 2 is 1.74 bits per heavy atom. The van der Waals surface area contributed by atoms with Crippen molar-refractivity contribution in [3.8, 4) is 5.75 Å². The highest BCUT2D eigenvalue weighted by molar-refractivity contribution is 7.89. The second kappa shape index (κ2) is 9.32. The average Bonchev–Trinajstić information content (AvgIpc) is 3.10. The monoisotopic (exact) mass is 493 g/mol. The summed E-state index contributed by atoms with van der Waals surface area (Å²) in [6.07, 6.45) is 3.03. The molecule has 1 unspecified atom stereocenters. The summed E-state index contributed by atoms with van der Waals surface area (Å²) in [6, 6.07) is 12.6. The van der Waals surface area contributed by atoms with Gasteiger partial charge in [-0.2, -0.15) is 0 Å². The molecular weight excluding hydrogens is 470 g/mol. The first-order valence-electron chi connectivity index (χ1n) is 10.7. The molecule has 10 heteroatoms. The lowest BCUT2D eigenvalue weighted by Gasteiger charge is -2.25. The van der Waals surface area contributed by atoms with Crippen molar-refractivity contribution in [3.05, 3.63) is 89.3 Å². The van der Waals surface area contributed by atoms with Gasteiger partial charge in [-0.1, -0.05) is 0 Å². The van der Waals surface area contributed by atoms with Gasteiger partial charge in [-0.25, -0.2) is 13.6 Å². The number of pyridine rings is 1. The molecule has 0 radical (unpaired) electrons. The molecule has 2 aromatic carbocycles. The second-order valence-electron chi connectivity index (χ2n) is 7.90. The summed E-state index contributed by atoms with van der Waals surface area (Å²) in [5, 5.41) is 16.4. The highest BCUT2D eigenvalue weighted by Crippen LogP contribution is 2.42. The number of benzene rings is 2. The van der Waals surface area contributed by atoms with E-state index in [0.717, 1.165) is 5.56 Å². The Morgan fingerprint density at radius 1 is 1.09 bits per heavy atom. The number of anilines is 1. The van der Waals surface area contributed by atoms with E-state index in [1.54, 1.807) is 30.3 Å². The van der Waals surface area contributed by atoms with Gasteiger partial charge in [0.1, 0.15) is 11.5 Å². The zero-order valence-corrected chi connectivity index (χ0v) is 19.8. The molecule has 9 nitrogen and oxygen atoms in total. The van der Waals surface area contributed by atoms with Crippen LogP contribution in [0, 0.1) is 6.92 Å². The SMILES string of the molecule is CCOc1ccc(/C(O)=C2\C(=O)C(=O)N(c3ccc(S(N)(=O)=O)cc3)C2c2ccncc2)cc1C.